The molecule has 1 N–H and O–H groups in total. The molecule has 0 radical (unpaired) electrons. The van der Waals surface area contributed by atoms with E-state index in [1.54, 1.807) is 0 Å². The molecular weight excluding hydrogens is 354 g/mol. The average Bonchev–Trinajstić information content (AvgIpc) is 2.63. The Labute approximate surface area is 173 Å². The van der Waals surface area contributed by atoms with Gasteiger partial charge in [-0.25, -0.2) is 4.79 Å². The molecular formula is C23H45NO2S. The van der Waals surface area contributed by atoms with Crippen LogP contribution >= 0.6 is 11.8 Å². The molecule has 4 heteroatoms. The highest BCUT2D eigenvalue weighted by atomic mass is 32.2. The molecule has 0 spiro atoms. The zero-order valence-electron chi connectivity index (χ0n) is 17.9. The first-order chi connectivity index (χ1) is 13.3. The summed E-state index contributed by atoms with van der Waals surface area (Å²) in [6.07, 6.45) is 21.8. The van der Waals surface area contributed by atoms with Gasteiger partial charge in [-0.1, -0.05) is 103 Å². The van der Waals surface area contributed by atoms with Crippen molar-refractivity contribution < 1.29 is 9.53 Å². The number of amides is 1. The highest BCUT2D eigenvalue weighted by Crippen LogP contribution is 2.24. The van der Waals surface area contributed by atoms with Gasteiger partial charge in [0.25, 0.3) is 0 Å². The molecule has 1 rings (SSSR count). The molecule has 1 saturated heterocycles. The van der Waals surface area contributed by atoms with Gasteiger partial charge in [0.1, 0.15) is 0 Å². The van der Waals surface area contributed by atoms with E-state index in [1.807, 2.05) is 11.8 Å². The predicted molar refractivity (Wildman–Crippen MR) is 120 cm³/mol. The second-order valence-corrected chi connectivity index (χ2v) is 9.31. The van der Waals surface area contributed by atoms with Crippen LogP contribution in [-0.2, 0) is 4.74 Å². The molecule has 1 heterocycles. The van der Waals surface area contributed by atoms with E-state index in [1.165, 1.54) is 96.3 Å². The van der Waals surface area contributed by atoms with Crippen molar-refractivity contribution in [1.82, 2.24) is 5.32 Å². The molecule has 0 atom stereocenters. The van der Waals surface area contributed by atoms with Gasteiger partial charge in [-0.3, -0.25) is 0 Å². The standard InChI is InChI=1S/C23H45NO2S/c1-2-3-4-5-6-7-8-9-10-11-12-13-14-15-16-17-18-24-23(25)26-19-22-20-27-21-22/h22H,2-21H2,1H3,(H,24,25). The first-order valence-electron chi connectivity index (χ1n) is 11.8. The van der Waals surface area contributed by atoms with Crippen molar-refractivity contribution in [1.29, 1.82) is 0 Å². The number of unbranched alkanes of at least 4 members (excludes halogenated alkanes) is 15. The Morgan fingerprint density at radius 1 is 0.778 bits per heavy atom. The van der Waals surface area contributed by atoms with E-state index in [4.69, 9.17) is 4.74 Å². The van der Waals surface area contributed by atoms with E-state index >= 15 is 0 Å². The average molecular weight is 400 g/mol. The van der Waals surface area contributed by atoms with Crippen LogP contribution in [0.15, 0.2) is 0 Å². The number of thioether (sulfide) groups is 1. The number of ether oxygens (including phenoxy) is 1. The van der Waals surface area contributed by atoms with E-state index in [0.717, 1.165) is 24.5 Å². The van der Waals surface area contributed by atoms with E-state index < -0.39 is 0 Å². The van der Waals surface area contributed by atoms with Gasteiger partial charge in [0.2, 0.25) is 0 Å². The van der Waals surface area contributed by atoms with Crippen LogP contribution in [0.5, 0.6) is 0 Å². The van der Waals surface area contributed by atoms with Crippen molar-refractivity contribution in [3.05, 3.63) is 0 Å². The Kier molecular flexibility index (Phi) is 17.3. The molecule has 0 aromatic carbocycles. The van der Waals surface area contributed by atoms with Gasteiger partial charge in [0.15, 0.2) is 0 Å². The summed E-state index contributed by atoms with van der Waals surface area (Å²) >= 11 is 1.93. The fraction of sp³-hybridized carbons (Fsp3) is 0.957. The molecule has 3 nitrogen and oxygen atoms in total. The molecule has 0 saturated carbocycles. The molecule has 1 amide bonds. The van der Waals surface area contributed by atoms with Crippen molar-refractivity contribution in [2.24, 2.45) is 5.92 Å². The fourth-order valence-corrected chi connectivity index (χ4v) is 4.25. The van der Waals surface area contributed by atoms with Gasteiger partial charge in [0, 0.05) is 24.0 Å². The Morgan fingerprint density at radius 3 is 1.63 bits per heavy atom. The van der Waals surface area contributed by atoms with E-state index in [9.17, 15) is 4.79 Å². The summed E-state index contributed by atoms with van der Waals surface area (Å²) < 4.78 is 5.21. The van der Waals surface area contributed by atoms with Crippen molar-refractivity contribution in [2.45, 2.75) is 110 Å². The van der Waals surface area contributed by atoms with Crippen LogP contribution in [0.1, 0.15) is 110 Å². The topological polar surface area (TPSA) is 38.3 Å². The maximum Gasteiger partial charge on any atom is 0.407 e. The number of hydrogen-bond donors (Lipinski definition) is 1. The van der Waals surface area contributed by atoms with Gasteiger partial charge in [-0.15, -0.1) is 0 Å². The SMILES string of the molecule is CCCCCCCCCCCCCCCCCCNC(=O)OCC1CSC1. The van der Waals surface area contributed by atoms with Crippen LogP contribution in [0.25, 0.3) is 0 Å². The highest BCUT2D eigenvalue weighted by Gasteiger charge is 2.19. The van der Waals surface area contributed by atoms with Crippen LogP contribution in [0.2, 0.25) is 0 Å². The molecule has 1 fully saturated rings. The fourth-order valence-electron chi connectivity index (χ4n) is 3.49. The minimum atomic E-state index is -0.229. The van der Waals surface area contributed by atoms with Crippen molar-refractivity contribution in [3.8, 4) is 0 Å². The van der Waals surface area contributed by atoms with Gasteiger partial charge in [0.05, 0.1) is 6.61 Å². The maximum absolute atomic E-state index is 11.5. The van der Waals surface area contributed by atoms with Crippen molar-refractivity contribution in [3.63, 3.8) is 0 Å². The van der Waals surface area contributed by atoms with E-state index in [2.05, 4.69) is 12.2 Å². The molecule has 0 aliphatic carbocycles. The van der Waals surface area contributed by atoms with Gasteiger partial charge in [-0.05, 0) is 6.42 Å². The largest absolute Gasteiger partial charge is 0.449 e. The smallest absolute Gasteiger partial charge is 0.407 e. The van der Waals surface area contributed by atoms with Crippen LogP contribution in [0.4, 0.5) is 4.79 Å². The van der Waals surface area contributed by atoms with Crippen molar-refractivity contribution >= 4 is 17.9 Å². The number of carbonyl (C=O) groups is 1. The van der Waals surface area contributed by atoms with Gasteiger partial charge in [-0.2, -0.15) is 11.8 Å². The molecule has 0 aromatic heterocycles. The summed E-state index contributed by atoms with van der Waals surface area (Å²) in [5.74, 6) is 2.88. The molecule has 160 valence electrons. The third kappa shape index (κ3) is 16.3. The number of hydrogen-bond acceptors (Lipinski definition) is 3. The van der Waals surface area contributed by atoms with Gasteiger partial charge < -0.3 is 10.1 Å². The minimum Gasteiger partial charge on any atom is -0.449 e. The summed E-state index contributed by atoms with van der Waals surface area (Å²) in [4.78, 5) is 11.5. The van der Waals surface area contributed by atoms with Crippen molar-refractivity contribution in [2.75, 3.05) is 24.7 Å². The Bertz CT molecular complexity index is 334. The number of carbonyl (C=O) groups excluding carboxylic acids is 1. The quantitative estimate of drug-likeness (QED) is 0.231. The third-order valence-corrected chi connectivity index (χ3v) is 6.87. The molecule has 27 heavy (non-hydrogen) atoms. The molecule has 0 unspecified atom stereocenters. The van der Waals surface area contributed by atoms with Gasteiger partial charge >= 0.3 is 6.09 Å². The predicted octanol–water partition coefficient (Wildman–Crippen LogP) is 7.34. The summed E-state index contributed by atoms with van der Waals surface area (Å²) in [5.41, 5.74) is 0. The Hall–Kier alpha value is -0.380. The van der Waals surface area contributed by atoms with Crippen LogP contribution < -0.4 is 5.32 Å². The summed E-state index contributed by atoms with van der Waals surface area (Å²) in [6, 6.07) is 0. The lowest BCUT2D eigenvalue weighted by Gasteiger charge is -2.24. The first kappa shape index (κ1) is 24.7. The Balaban J connectivity index is 1.66. The molecule has 0 aromatic rings. The summed E-state index contributed by atoms with van der Waals surface area (Å²) in [6.45, 7) is 3.64. The second-order valence-electron chi connectivity index (χ2n) is 8.23. The van der Waals surface area contributed by atoms with Crippen LogP contribution in [-0.4, -0.2) is 30.8 Å². The third-order valence-electron chi connectivity index (χ3n) is 5.46. The number of nitrogens with one attached hydrogen (secondary N) is 1. The second kappa shape index (κ2) is 19.0. The molecule has 1 aliphatic heterocycles. The van der Waals surface area contributed by atoms with E-state index in [-0.39, 0.29) is 6.09 Å². The molecule has 0 bridgehead atoms. The maximum atomic E-state index is 11.5. The van der Waals surface area contributed by atoms with E-state index in [0.29, 0.717) is 12.5 Å². The summed E-state index contributed by atoms with van der Waals surface area (Å²) in [7, 11) is 0. The number of rotatable bonds is 19. The molecule has 1 aliphatic rings. The first-order valence-corrected chi connectivity index (χ1v) is 13.0. The lowest BCUT2D eigenvalue weighted by molar-refractivity contribution is 0.132. The minimum absolute atomic E-state index is 0.229. The zero-order valence-corrected chi connectivity index (χ0v) is 18.8. The van der Waals surface area contributed by atoms with Crippen LogP contribution in [0, 0.1) is 5.92 Å². The highest BCUT2D eigenvalue weighted by molar-refractivity contribution is 8.00. The summed E-state index contributed by atoms with van der Waals surface area (Å²) in [5, 5.41) is 2.87. The number of alkyl carbamates (subject to hydrolysis) is 1. The zero-order chi connectivity index (χ0) is 19.4. The Morgan fingerprint density at radius 2 is 1.22 bits per heavy atom. The lowest BCUT2D eigenvalue weighted by atomic mass is 10.0. The monoisotopic (exact) mass is 399 g/mol. The lowest BCUT2D eigenvalue weighted by Crippen LogP contribution is -2.30. The normalized spacial score (nSPS) is 14.1. The van der Waals surface area contributed by atoms with Crippen LogP contribution in [0.3, 0.4) is 0 Å².